The second kappa shape index (κ2) is 10.2. The number of hydrogen-bond acceptors (Lipinski definition) is 6. The molecule has 0 aromatic heterocycles. The molecule has 1 fully saturated rings. The van der Waals surface area contributed by atoms with Crippen molar-refractivity contribution in [3.63, 3.8) is 0 Å². The van der Waals surface area contributed by atoms with Crippen LogP contribution in [0.5, 0.6) is 17.2 Å². The van der Waals surface area contributed by atoms with E-state index in [9.17, 15) is 14.4 Å². The van der Waals surface area contributed by atoms with Gasteiger partial charge in [0.05, 0.1) is 31.0 Å². The fourth-order valence-electron chi connectivity index (χ4n) is 3.10. The number of ether oxygens (including phenoxy) is 3. The van der Waals surface area contributed by atoms with Gasteiger partial charge in [0.25, 0.3) is 11.8 Å². The van der Waals surface area contributed by atoms with Gasteiger partial charge in [-0.2, -0.15) is 0 Å². The molecule has 0 unspecified atom stereocenters. The zero-order valence-corrected chi connectivity index (χ0v) is 18.7. The first-order valence-electron chi connectivity index (χ1n) is 10.0. The van der Waals surface area contributed by atoms with Gasteiger partial charge in [0, 0.05) is 0 Å². The van der Waals surface area contributed by atoms with Crippen molar-refractivity contribution >= 4 is 41.2 Å². The first kappa shape index (κ1) is 23.1. The van der Waals surface area contributed by atoms with E-state index in [1.807, 2.05) is 6.92 Å². The molecule has 168 valence electrons. The van der Waals surface area contributed by atoms with Crippen molar-refractivity contribution in [2.45, 2.75) is 20.3 Å². The van der Waals surface area contributed by atoms with Gasteiger partial charge >= 0.3 is 6.03 Å². The van der Waals surface area contributed by atoms with Gasteiger partial charge in [-0.1, -0.05) is 18.5 Å². The lowest BCUT2D eigenvalue weighted by Gasteiger charge is -2.26. The van der Waals surface area contributed by atoms with Crippen LogP contribution in [0.4, 0.5) is 10.5 Å². The SMILES string of the molecule is CCCOc1ccc(N2C(=O)NC(=O)/C(=C/c3cc(Cl)c(OC)c(OCC)c3)C2=O)cc1. The molecule has 8 nitrogen and oxygen atoms in total. The fraction of sp³-hybridized carbons (Fsp3) is 0.261. The number of urea groups is 1. The molecule has 3 rings (SSSR count). The Kier molecular flexibility index (Phi) is 7.37. The molecule has 2 aromatic rings. The Morgan fingerprint density at radius 2 is 1.78 bits per heavy atom. The Bertz CT molecular complexity index is 1060. The molecule has 0 atom stereocenters. The van der Waals surface area contributed by atoms with E-state index in [1.54, 1.807) is 37.3 Å². The van der Waals surface area contributed by atoms with E-state index in [0.717, 1.165) is 11.3 Å². The number of carbonyl (C=O) groups excluding carboxylic acids is 3. The predicted molar refractivity (Wildman–Crippen MR) is 120 cm³/mol. The molecular weight excluding hydrogens is 436 g/mol. The Morgan fingerprint density at radius 3 is 2.41 bits per heavy atom. The first-order chi connectivity index (χ1) is 15.4. The molecule has 0 aliphatic carbocycles. The van der Waals surface area contributed by atoms with Crippen LogP contribution in [0.3, 0.4) is 0 Å². The summed E-state index contributed by atoms with van der Waals surface area (Å²) in [5.41, 5.74) is 0.521. The summed E-state index contributed by atoms with van der Waals surface area (Å²) < 4.78 is 16.3. The number of methoxy groups -OCH3 is 1. The highest BCUT2D eigenvalue weighted by atomic mass is 35.5. The average molecular weight is 459 g/mol. The molecule has 1 heterocycles. The smallest absolute Gasteiger partial charge is 0.335 e. The van der Waals surface area contributed by atoms with Gasteiger partial charge in [-0.3, -0.25) is 14.9 Å². The van der Waals surface area contributed by atoms with Gasteiger partial charge in [0.2, 0.25) is 0 Å². The van der Waals surface area contributed by atoms with Crippen LogP contribution in [0, 0.1) is 0 Å². The van der Waals surface area contributed by atoms with Gasteiger partial charge < -0.3 is 14.2 Å². The fourth-order valence-corrected chi connectivity index (χ4v) is 3.40. The van der Waals surface area contributed by atoms with Crippen molar-refractivity contribution in [3.8, 4) is 17.2 Å². The summed E-state index contributed by atoms with van der Waals surface area (Å²) in [4.78, 5) is 38.8. The molecular formula is C23H23ClN2O6. The Balaban J connectivity index is 1.95. The number of imide groups is 2. The molecule has 9 heteroatoms. The van der Waals surface area contributed by atoms with E-state index in [1.165, 1.54) is 19.3 Å². The van der Waals surface area contributed by atoms with Crippen molar-refractivity contribution in [1.29, 1.82) is 0 Å². The minimum absolute atomic E-state index is 0.223. The van der Waals surface area contributed by atoms with E-state index in [2.05, 4.69) is 5.32 Å². The Hall–Kier alpha value is -3.52. The van der Waals surface area contributed by atoms with E-state index in [-0.39, 0.29) is 10.6 Å². The second-order valence-electron chi connectivity index (χ2n) is 6.77. The summed E-state index contributed by atoms with van der Waals surface area (Å²) in [6.07, 6.45) is 2.20. The highest BCUT2D eigenvalue weighted by Crippen LogP contribution is 2.37. The van der Waals surface area contributed by atoms with Gasteiger partial charge in [-0.15, -0.1) is 0 Å². The maximum atomic E-state index is 13.1. The van der Waals surface area contributed by atoms with Crippen molar-refractivity contribution in [3.05, 3.63) is 52.6 Å². The first-order valence-corrected chi connectivity index (χ1v) is 10.4. The molecule has 1 aliphatic heterocycles. The molecule has 0 saturated carbocycles. The van der Waals surface area contributed by atoms with Gasteiger partial charge in [-0.05, 0) is 61.4 Å². The maximum Gasteiger partial charge on any atom is 0.335 e. The van der Waals surface area contributed by atoms with E-state index < -0.39 is 17.8 Å². The lowest BCUT2D eigenvalue weighted by molar-refractivity contribution is -0.122. The van der Waals surface area contributed by atoms with Crippen LogP contribution in [0.2, 0.25) is 5.02 Å². The third-order valence-electron chi connectivity index (χ3n) is 4.52. The number of nitrogens with zero attached hydrogens (tertiary/aromatic N) is 1. The average Bonchev–Trinajstić information content (AvgIpc) is 2.76. The van der Waals surface area contributed by atoms with E-state index in [0.29, 0.717) is 41.7 Å². The van der Waals surface area contributed by atoms with Crippen LogP contribution in [0.1, 0.15) is 25.8 Å². The topological polar surface area (TPSA) is 94.2 Å². The third-order valence-corrected chi connectivity index (χ3v) is 4.80. The molecule has 0 bridgehead atoms. The number of halogens is 1. The molecule has 2 aromatic carbocycles. The minimum Gasteiger partial charge on any atom is -0.494 e. The predicted octanol–water partition coefficient (Wildman–Crippen LogP) is 4.20. The lowest BCUT2D eigenvalue weighted by atomic mass is 10.1. The maximum absolute atomic E-state index is 13.1. The van der Waals surface area contributed by atoms with Crippen LogP contribution in [-0.4, -0.2) is 38.2 Å². The molecule has 1 saturated heterocycles. The number of rotatable bonds is 8. The van der Waals surface area contributed by atoms with Crippen molar-refractivity contribution in [1.82, 2.24) is 5.32 Å². The third kappa shape index (κ3) is 4.86. The lowest BCUT2D eigenvalue weighted by Crippen LogP contribution is -2.54. The van der Waals surface area contributed by atoms with Crippen LogP contribution < -0.4 is 24.4 Å². The van der Waals surface area contributed by atoms with Crippen LogP contribution >= 0.6 is 11.6 Å². The quantitative estimate of drug-likeness (QED) is 0.470. The van der Waals surface area contributed by atoms with Gasteiger partial charge in [0.15, 0.2) is 11.5 Å². The summed E-state index contributed by atoms with van der Waals surface area (Å²) in [5.74, 6) is -0.232. The van der Waals surface area contributed by atoms with Gasteiger partial charge in [0.1, 0.15) is 11.3 Å². The standard InChI is InChI=1S/C23H23ClN2O6/c1-4-10-32-16-8-6-15(7-9-16)26-22(28)17(21(27)25-23(26)29)11-14-12-18(24)20(30-3)19(13-14)31-5-2/h6-9,11-13H,4-5,10H2,1-3H3,(H,25,27,29)/b17-11-. The highest BCUT2D eigenvalue weighted by Gasteiger charge is 2.36. The Morgan fingerprint density at radius 1 is 1.06 bits per heavy atom. The number of barbiturate groups is 1. The molecule has 1 aliphatic rings. The van der Waals surface area contributed by atoms with Crippen LogP contribution in [-0.2, 0) is 9.59 Å². The molecule has 0 spiro atoms. The number of carbonyl (C=O) groups is 3. The number of nitrogens with one attached hydrogen (secondary N) is 1. The number of anilines is 1. The summed E-state index contributed by atoms with van der Waals surface area (Å²) in [5, 5.41) is 2.45. The largest absolute Gasteiger partial charge is 0.494 e. The van der Waals surface area contributed by atoms with Crippen molar-refractivity contribution in [2.24, 2.45) is 0 Å². The molecule has 0 radical (unpaired) electrons. The van der Waals surface area contributed by atoms with E-state index in [4.69, 9.17) is 25.8 Å². The second-order valence-corrected chi connectivity index (χ2v) is 7.17. The Labute approximate surface area is 190 Å². The number of amides is 4. The number of benzene rings is 2. The summed E-state index contributed by atoms with van der Waals surface area (Å²) in [6.45, 7) is 4.71. The van der Waals surface area contributed by atoms with Crippen molar-refractivity contribution < 1.29 is 28.6 Å². The van der Waals surface area contributed by atoms with Gasteiger partial charge in [-0.25, -0.2) is 9.69 Å². The minimum atomic E-state index is -0.831. The highest BCUT2D eigenvalue weighted by molar-refractivity contribution is 6.39. The summed E-state index contributed by atoms with van der Waals surface area (Å²) >= 11 is 6.26. The molecule has 32 heavy (non-hydrogen) atoms. The zero-order valence-electron chi connectivity index (χ0n) is 17.9. The van der Waals surface area contributed by atoms with Crippen LogP contribution in [0.25, 0.3) is 6.08 Å². The molecule has 4 amide bonds. The normalized spacial score (nSPS) is 15.1. The van der Waals surface area contributed by atoms with E-state index >= 15 is 0 Å². The summed E-state index contributed by atoms with van der Waals surface area (Å²) in [7, 11) is 1.46. The van der Waals surface area contributed by atoms with Crippen molar-refractivity contribution in [2.75, 3.05) is 25.2 Å². The summed E-state index contributed by atoms with van der Waals surface area (Å²) in [6, 6.07) is 8.77. The zero-order chi connectivity index (χ0) is 23.3. The monoisotopic (exact) mass is 458 g/mol. The van der Waals surface area contributed by atoms with Crippen LogP contribution in [0.15, 0.2) is 42.0 Å². The number of hydrogen-bond donors (Lipinski definition) is 1. The molecule has 1 N–H and O–H groups in total.